The molecule has 1 atom stereocenters. The zero-order valence-electron chi connectivity index (χ0n) is 18.8. The van der Waals surface area contributed by atoms with Crippen molar-refractivity contribution in [2.45, 2.75) is 32.4 Å². The Morgan fingerprint density at radius 2 is 2.12 bits per heavy atom. The number of anilines is 1. The summed E-state index contributed by atoms with van der Waals surface area (Å²) in [5.41, 5.74) is 4.48. The third-order valence-corrected chi connectivity index (χ3v) is 6.05. The highest BCUT2D eigenvalue weighted by atomic mass is 16.1. The quantitative estimate of drug-likeness (QED) is 0.594. The molecule has 1 fully saturated rings. The van der Waals surface area contributed by atoms with Gasteiger partial charge < -0.3 is 15.2 Å². The van der Waals surface area contributed by atoms with Crippen molar-refractivity contribution in [1.82, 2.24) is 25.2 Å². The maximum atomic E-state index is 12.2. The first-order valence-corrected chi connectivity index (χ1v) is 11.1. The van der Waals surface area contributed by atoms with Crippen LogP contribution in [0.15, 0.2) is 41.5 Å². The first kappa shape index (κ1) is 22.4. The van der Waals surface area contributed by atoms with Crippen LogP contribution in [0.1, 0.15) is 35.0 Å². The summed E-state index contributed by atoms with van der Waals surface area (Å²) in [6.45, 7) is 4.90. The summed E-state index contributed by atoms with van der Waals surface area (Å²) in [5, 5.41) is 12.0. The number of aromatic amines is 1. The van der Waals surface area contributed by atoms with Crippen LogP contribution in [0.5, 0.6) is 0 Å². The number of aromatic nitrogens is 3. The Morgan fingerprint density at radius 1 is 1.27 bits per heavy atom. The second kappa shape index (κ2) is 9.79. The van der Waals surface area contributed by atoms with E-state index in [1.165, 1.54) is 0 Å². The lowest BCUT2D eigenvalue weighted by Gasteiger charge is -2.42. The maximum absolute atomic E-state index is 12.2. The highest BCUT2D eigenvalue weighted by Crippen LogP contribution is 2.23. The molecule has 0 aliphatic carbocycles. The summed E-state index contributed by atoms with van der Waals surface area (Å²) in [7, 11) is 1.57. The average Bonchev–Trinajstić information content (AvgIpc) is 2.83. The van der Waals surface area contributed by atoms with Crippen molar-refractivity contribution < 1.29 is 4.79 Å². The molecule has 0 aromatic carbocycles. The zero-order valence-corrected chi connectivity index (χ0v) is 18.8. The molecule has 0 unspecified atom stereocenters. The number of rotatable bonds is 6. The number of nitriles is 1. The van der Waals surface area contributed by atoms with Gasteiger partial charge in [-0.3, -0.25) is 19.5 Å². The molecule has 0 spiro atoms. The largest absolute Gasteiger partial charge is 0.364 e. The molecule has 3 aromatic rings. The lowest BCUT2D eigenvalue weighted by molar-refractivity contribution is 0.0958. The Bertz CT molecular complexity index is 1250. The number of fused-ring (bicyclic) bond motifs is 1. The molecular formula is C24H27N7O2. The molecule has 1 saturated heterocycles. The summed E-state index contributed by atoms with van der Waals surface area (Å²) >= 11 is 0. The number of carbonyl (C=O) groups is 1. The molecule has 4 heterocycles. The van der Waals surface area contributed by atoms with E-state index in [-0.39, 0.29) is 17.5 Å². The van der Waals surface area contributed by atoms with Crippen LogP contribution in [0, 0.1) is 11.3 Å². The second-order valence-electron chi connectivity index (χ2n) is 8.18. The van der Waals surface area contributed by atoms with Crippen molar-refractivity contribution in [3.63, 3.8) is 0 Å². The number of piperazine rings is 1. The number of pyridine rings is 3. The fourth-order valence-corrected chi connectivity index (χ4v) is 4.28. The number of hydrogen-bond acceptors (Lipinski definition) is 7. The van der Waals surface area contributed by atoms with Gasteiger partial charge in [0.15, 0.2) is 0 Å². The van der Waals surface area contributed by atoms with Gasteiger partial charge in [0.2, 0.25) is 0 Å². The number of nitrogens with one attached hydrogen (secondary N) is 2. The Kier molecular flexibility index (Phi) is 6.66. The summed E-state index contributed by atoms with van der Waals surface area (Å²) in [5.74, 6) is -0.226. The number of hydrogen-bond donors (Lipinski definition) is 2. The van der Waals surface area contributed by atoms with Gasteiger partial charge in [0, 0.05) is 45.0 Å². The Hall–Kier alpha value is -3.77. The van der Waals surface area contributed by atoms with Crippen LogP contribution in [-0.2, 0) is 13.0 Å². The Morgan fingerprint density at radius 3 is 2.82 bits per heavy atom. The van der Waals surface area contributed by atoms with Gasteiger partial charge in [-0.1, -0.05) is 6.92 Å². The molecule has 0 saturated carbocycles. The third-order valence-electron chi connectivity index (χ3n) is 6.05. The molecule has 170 valence electrons. The number of H-pyrrole nitrogens is 1. The lowest BCUT2D eigenvalue weighted by atomic mass is 10.1. The molecule has 2 N–H and O–H groups in total. The molecule has 33 heavy (non-hydrogen) atoms. The van der Waals surface area contributed by atoms with Crippen molar-refractivity contribution in [2.75, 3.05) is 31.6 Å². The molecule has 1 aliphatic heterocycles. The van der Waals surface area contributed by atoms with Crippen LogP contribution in [0.2, 0.25) is 0 Å². The van der Waals surface area contributed by atoms with E-state index in [1.807, 2.05) is 31.3 Å². The van der Waals surface area contributed by atoms with Crippen molar-refractivity contribution in [1.29, 1.82) is 5.26 Å². The van der Waals surface area contributed by atoms with E-state index in [0.29, 0.717) is 31.6 Å². The second-order valence-corrected chi connectivity index (χ2v) is 8.18. The molecule has 9 nitrogen and oxygen atoms in total. The topological polar surface area (TPSA) is 118 Å². The van der Waals surface area contributed by atoms with E-state index in [0.717, 1.165) is 40.9 Å². The van der Waals surface area contributed by atoms with E-state index < -0.39 is 0 Å². The minimum atomic E-state index is -0.226. The SMILES string of the molecule is CCc1cc2ncc(CN3CCN(c4ccc(C(=O)NC)nc4)[C@H](CC#N)C3)cc2[nH]c1=O. The molecule has 4 rings (SSSR count). The van der Waals surface area contributed by atoms with Crippen LogP contribution >= 0.6 is 0 Å². The van der Waals surface area contributed by atoms with Gasteiger partial charge >= 0.3 is 0 Å². The van der Waals surface area contributed by atoms with Crippen molar-refractivity contribution in [3.05, 3.63) is 63.8 Å². The van der Waals surface area contributed by atoms with Gasteiger partial charge in [-0.15, -0.1) is 0 Å². The zero-order chi connectivity index (χ0) is 23.4. The van der Waals surface area contributed by atoms with Crippen LogP contribution in [-0.4, -0.2) is 58.5 Å². The molecular weight excluding hydrogens is 418 g/mol. The van der Waals surface area contributed by atoms with Crippen molar-refractivity contribution >= 4 is 22.6 Å². The van der Waals surface area contributed by atoms with Crippen molar-refractivity contribution in [2.24, 2.45) is 0 Å². The summed E-state index contributed by atoms with van der Waals surface area (Å²) in [4.78, 5) is 40.2. The molecule has 0 radical (unpaired) electrons. The summed E-state index contributed by atoms with van der Waals surface area (Å²) in [6.07, 6.45) is 4.60. The van der Waals surface area contributed by atoms with Gasteiger partial charge in [-0.25, -0.2) is 4.98 Å². The fourth-order valence-electron chi connectivity index (χ4n) is 4.28. The highest BCUT2D eigenvalue weighted by Gasteiger charge is 2.27. The molecule has 1 amide bonds. The number of amides is 1. The molecule has 0 bridgehead atoms. The number of aryl methyl sites for hydroxylation is 1. The minimum absolute atomic E-state index is 0.0109. The maximum Gasteiger partial charge on any atom is 0.269 e. The van der Waals surface area contributed by atoms with E-state index in [4.69, 9.17) is 0 Å². The molecule has 9 heteroatoms. The van der Waals surface area contributed by atoms with Gasteiger partial charge in [-0.2, -0.15) is 5.26 Å². The lowest BCUT2D eigenvalue weighted by Crippen LogP contribution is -2.52. The van der Waals surface area contributed by atoms with E-state index >= 15 is 0 Å². The van der Waals surface area contributed by atoms with Crippen molar-refractivity contribution in [3.8, 4) is 6.07 Å². The first-order valence-electron chi connectivity index (χ1n) is 11.1. The third kappa shape index (κ3) is 4.86. The van der Waals surface area contributed by atoms with E-state index in [1.54, 1.807) is 19.3 Å². The predicted octanol–water partition coefficient (Wildman–Crippen LogP) is 1.84. The highest BCUT2D eigenvalue weighted by molar-refractivity contribution is 5.92. The van der Waals surface area contributed by atoms with Crippen LogP contribution < -0.4 is 15.8 Å². The van der Waals surface area contributed by atoms with Gasteiger partial charge in [0.1, 0.15) is 5.69 Å². The Labute approximate surface area is 192 Å². The predicted molar refractivity (Wildman–Crippen MR) is 126 cm³/mol. The minimum Gasteiger partial charge on any atom is -0.364 e. The van der Waals surface area contributed by atoms with Gasteiger partial charge in [0.25, 0.3) is 11.5 Å². The fraction of sp³-hybridized carbons (Fsp3) is 0.375. The molecule has 1 aliphatic rings. The monoisotopic (exact) mass is 445 g/mol. The average molecular weight is 446 g/mol. The van der Waals surface area contributed by atoms with Crippen LogP contribution in [0.25, 0.3) is 11.0 Å². The van der Waals surface area contributed by atoms with Gasteiger partial charge in [-0.05, 0) is 36.2 Å². The smallest absolute Gasteiger partial charge is 0.269 e. The van der Waals surface area contributed by atoms with Gasteiger partial charge in [0.05, 0.1) is 41.4 Å². The number of nitrogens with zero attached hydrogens (tertiary/aromatic N) is 5. The normalized spacial score (nSPS) is 16.5. The standard InChI is InChI=1S/C24H27N7O2/c1-3-17-11-21-22(29-23(17)32)10-16(12-27-21)14-30-8-9-31(19(15-30)6-7-25)18-4-5-20(28-13-18)24(33)26-2/h4-5,10-13,19H,3,6,8-9,14-15H2,1-2H3,(H,26,33)(H,29,32)/t19-/m1/s1. The summed E-state index contributed by atoms with van der Waals surface area (Å²) in [6, 6.07) is 9.72. The van der Waals surface area contributed by atoms with Crippen LogP contribution in [0.3, 0.4) is 0 Å². The van der Waals surface area contributed by atoms with E-state index in [2.05, 4.69) is 36.1 Å². The Balaban J connectivity index is 1.48. The number of carbonyl (C=O) groups excluding carboxylic acids is 1. The molecule has 3 aromatic heterocycles. The first-order chi connectivity index (χ1) is 16.0. The summed E-state index contributed by atoms with van der Waals surface area (Å²) < 4.78 is 0. The van der Waals surface area contributed by atoms with Crippen LogP contribution in [0.4, 0.5) is 5.69 Å². The van der Waals surface area contributed by atoms with E-state index in [9.17, 15) is 14.9 Å².